The standard InChI is InChI=1S/C16H14ClF2NOS/c1-2-14(22-11-8-6-10(17)7-9-11)16(21)20-15-12(18)4-3-5-13(15)19/h3-9,14H,2H2,1H3,(H,20,21). The average Bonchev–Trinajstić information content (AvgIpc) is 2.50. The quantitative estimate of drug-likeness (QED) is 0.764. The Balaban J connectivity index is 2.10. The van der Waals surface area contributed by atoms with E-state index in [0.717, 1.165) is 17.0 Å². The summed E-state index contributed by atoms with van der Waals surface area (Å²) in [5.74, 6) is -2.02. The van der Waals surface area contributed by atoms with Crippen LogP contribution < -0.4 is 5.32 Å². The molecule has 0 aliphatic rings. The molecule has 0 saturated carbocycles. The molecule has 0 spiro atoms. The van der Waals surface area contributed by atoms with E-state index >= 15 is 0 Å². The third-order valence-electron chi connectivity index (χ3n) is 2.97. The van der Waals surface area contributed by atoms with E-state index in [4.69, 9.17) is 11.6 Å². The Kier molecular flexibility index (Phi) is 5.80. The number of carbonyl (C=O) groups is 1. The van der Waals surface area contributed by atoms with E-state index in [1.165, 1.54) is 17.8 Å². The molecule has 2 rings (SSSR count). The Morgan fingerprint density at radius 3 is 2.32 bits per heavy atom. The van der Waals surface area contributed by atoms with E-state index in [-0.39, 0.29) is 0 Å². The summed E-state index contributed by atoms with van der Waals surface area (Å²) in [6.45, 7) is 1.84. The molecular formula is C16H14ClF2NOS. The lowest BCUT2D eigenvalue weighted by Gasteiger charge is -2.15. The minimum absolute atomic E-state index is 0.414. The summed E-state index contributed by atoms with van der Waals surface area (Å²) in [6, 6.07) is 10.5. The van der Waals surface area contributed by atoms with Gasteiger partial charge >= 0.3 is 0 Å². The van der Waals surface area contributed by atoms with Crippen LogP contribution in [0.3, 0.4) is 0 Å². The van der Waals surface area contributed by atoms with E-state index < -0.39 is 28.5 Å². The Bertz CT molecular complexity index is 643. The van der Waals surface area contributed by atoms with Crippen molar-refractivity contribution >= 4 is 35.0 Å². The number of para-hydroxylation sites is 1. The van der Waals surface area contributed by atoms with Crippen molar-refractivity contribution in [2.24, 2.45) is 0 Å². The van der Waals surface area contributed by atoms with Crippen LogP contribution in [0.2, 0.25) is 5.02 Å². The smallest absolute Gasteiger partial charge is 0.238 e. The predicted molar refractivity (Wildman–Crippen MR) is 86.4 cm³/mol. The second-order valence-electron chi connectivity index (χ2n) is 4.55. The molecule has 1 amide bonds. The van der Waals surface area contributed by atoms with Gasteiger partial charge < -0.3 is 5.32 Å². The first-order valence-corrected chi connectivity index (χ1v) is 7.94. The lowest BCUT2D eigenvalue weighted by molar-refractivity contribution is -0.115. The molecule has 0 fully saturated rings. The molecule has 116 valence electrons. The second-order valence-corrected chi connectivity index (χ2v) is 6.27. The maximum atomic E-state index is 13.6. The topological polar surface area (TPSA) is 29.1 Å². The maximum Gasteiger partial charge on any atom is 0.238 e. The molecule has 22 heavy (non-hydrogen) atoms. The van der Waals surface area contributed by atoms with Crippen molar-refractivity contribution in [2.45, 2.75) is 23.5 Å². The molecule has 0 aliphatic heterocycles. The van der Waals surface area contributed by atoms with E-state index in [0.29, 0.717) is 11.4 Å². The largest absolute Gasteiger partial charge is 0.320 e. The van der Waals surface area contributed by atoms with Gasteiger partial charge in [0.15, 0.2) is 0 Å². The van der Waals surface area contributed by atoms with Crippen molar-refractivity contribution in [2.75, 3.05) is 5.32 Å². The summed E-state index contributed by atoms with van der Waals surface area (Å²) in [4.78, 5) is 13.1. The van der Waals surface area contributed by atoms with Crippen LogP contribution in [-0.4, -0.2) is 11.2 Å². The molecule has 0 radical (unpaired) electrons. The highest BCUT2D eigenvalue weighted by atomic mass is 35.5. The predicted octanol–water partition coefficient (Wildman–Crippen LogP) is 5.13. The number of thioether (sulfide) groups is 1. The first-order chi connectivity index (χ1) is 10.5. The number of benzene rings is 2. The molecule has 0 aliphatic carbocycles. The van der Waals surface area contributed by atoms with E-state index in [2.05, 4.69) is 5.32 Å². The first kappa shape index (κ1) is 16.8. The third kappa shape index (κ3) is 4.21. The minimum Gasteiger partial charge on any atom is -0.320 e. The van der Waals surface area contributed by atoms with Gasteiger partial charge in [0.1, 0.15) is 17.3 Å². The number of carbonyl (C=O) groups excluding carboxylic acids is 1. The molecule has 1 atom stereocenters. The molecule has 1 unspecified atom stereocenters. The van der Waals surface area contributed by atoms with Gasteiger partial charge in [-0.25, -0.2) is 8.78 Å². The van der Waals surface area contributed by atoms with E-state index in [1.807, 2.05) is 6.92 Å². The highest BCUT2D eigenvalue weighted by Crippen LogP contribution is 2.28. The monoisotopic (exact) mass is 341 g/mol. The Morgan fingerprint density at radius 2 is 1.77 bits per heavy atom. The van der Waals surface area contributed by atoms with Gasteiger partial charge in [-0.05, 0) is 42.8 Å². The average molecular weight is 342 g/mol. The minimum atomic E-state index is -0.792. The molecule has 1 N–H and O–H groups in total. The fourth-order valence-electron chi connectivity index (χ4n) is 1.82. The maximum absolute atomic E-state index is 13.6. The fourth-order valence-corrected chi connectivity index (χ4v) is 2.90. The fraction of sp³-hybridized carbons (Fsp3) is 0.188. The zero-order valence-corrected chi connectivity index (χ0v) is 13.3. The van der Waals surface area contributed by atoms with Crippen LogP contribution in [0, 0.1) is 11.6 Å². The van der Waals surface area contributed by atoms with E-state index in [1.54, 1.807) is 24.3 Å². The lowest BCUT2D eigenvalue weighted by Crippen LogP contribution is -2.25. The number of halogens is 3. The molecule has 2 aromatic rings. The number of anilines is 1. The number of hydrogen-bond acceptors (Lipinski definition) is 2. The van der Waals surface area contributed by atoms with Gasteiger partial charge in [-0.1, -0.05) is 24.6 Å². The Morgan fingerprint density at radius 1 is 1.18 bits per heavy atom. The zero-order valence-electron chi connectivity index (χ0n) is 11.8. The van der Waals surface area contributed by atoms with Gasteiger partial charge in [0.2, 0.25) is 5.91 Å². The number of hydrogen-bond donors (Lipinski definition) is 1. The van der Waals surface area contributed by atoms with Crippen molar-refractivity contribution in [3.05, 3.63) is 59.1 Å². The van der Waals surface area contributed by atoms with Crippen molar-refractivity contribution in [3.63, 3.8) is 0 Å². The van der Waals surface area contributed by atoms with Crippen LogP contribution in [0.5, 0.6) is 0 Å². The molecule has 0 saturated heterocycles. The lowest BCUT2D eigenvalue weighted by atomic mass is 10.2. The third-order valence-corrected chi connectivity index (χ3v) is 4.59. The van der Waals surface area contributed by atoms with Crippen molar-refractivity contribution in [1.29, 1.82) is 0 Å². The molecule has 2 aromatic carbocycles. The summed E-state index contributed by atoms with van der Waals surface area (Å²) in [6.07, 6.45) is 0.523. The summed E-state index contributed by atoms with van der Waals surface area (Å²) in [5.41, 5.74) is -0.414. The number of amides is 1. The van der Waals surface area contributed by atoms with Crippen LogP contribution in [0.1, 0.15) is 13.3 Å². The SMILES string of the molecule is CCC(Sc1ccc(Cl)cc1)C(=O)Nc1c(F)cccc1F. The second kappa shape index (κ2) is 7.61. The summed E-state index contributed by atoms with van der Waals surface area (Å²) < 4.78 is 27.1. The van der Waals surface area contributed by atoms with Gasteiger partial charge in [-0.15, -0.1) is 11.8 Å². The first-order valence-electron chi connectivity index (χ1n) is 6.68. The van der Waals surface area contributed by atoms with Gasteiger partial charge in [-0.2, -0.15) is 0 Å². The van der Waals surface area contributed by atoms with Gasteiger partial charge in [0, 0.05) is 9.92 Å². The summed E-state index contributed by atoms with van der Waals surface area (Å²) in [7, 11) is 0. The number of rotatable bonds is 5. The zero-order chi connectivity index (χ0) is 16.1. The van der Waals surface area contributed by atoms with Crippen LogP contribution >= 0.6 is 23.4 Å². The van der Waals surface area contributed by atoms with Crippen molar-refractivity contribution in [3.8, 4) is 0 Å². The number of nitrogens with one attached hydrogen (secondary N) is 1. The van der Waals surface area contributed by atoms with Gasteiger partial charge in [0.25, 0.3) is 0 Å². The van der Waals surface area contributed by atoms with Crippen LogP contribution in [-0.2, 0) is 4.79 Å². The molecule has 2 nitrogen and oxygen atoms in total. The van der Waals surface area contributed by atoms with Gasteiger partial charge in [0.05, 0.1) is 5.25 Å². The highest BCUT2D eigenvalue weighted by molar-refractivity contribution is 8.00. The molecule has 0 heterocycles. The summed E-state index contributed by atoms with van der Waals surface area (Å²) in [5, 5.41) is 2.47. The Labute approximate surface area is 136 Å². The normalized spacial score (nSPS) is 12.0. The summed E-state index contributed by atoms with van der Waals surface area (Å²) >= 11 is 7.14. The molecule has 6 heteroatoms. The van der Waals surface area contributed by atoms with Crippen molar-refractivity contribution in [1.82, 2.24) is 0 Å². The van der Waals surface area contributed by atoms with Crippen LogP contribution in [0.4, 0.5) is 14.5 Å². The molecular weight excluding hydrogens is 328 g/mol. The Hall–Kier alpha value is -1.59. The molecule has 0 aromatic heterocycles. The van der Waals surface area contributed by atoms with Crippen LogP contribution in [0.15, 0.2) is 47.4 Å². The highest BCUT2D eigenvalue weighted by Gasteiger charge is 2.20. The van der Waals surface area contributed by atoms with Crippen molar-refractivity contribution < 1.29 is 13.6 Å². The molecule has 0 bridgehead atoms. The van der Waals surface area contributed by atoms with E-state index in [9.17, 15) is 13.6 Å². The van der Waals surface area contributed by atoms with Crippen LogP contribution in [0.25, 0.3) is 0 Å². The van der Waals surface area contributed by atoms with Gasteiger partial charge in [-0.3, -0.25) is 4.79 Å².